The van der Waals surface area contributed by atoms with Crippen LogP contribution in [0.15, 0.2) is 29.2 Å². The first-order valence-electron chi connectivity index (χ1n) is 11.0. The Morgan fingerprint density at radius 1 is 0.812 bits per heavy atom. The molecule has 32 heavy (non-hydrogen) atoms. The van der Waals surface area contributed by atoms with Crippen LogP contribution < -0.4 is 56.7 Å². The van der Waals surface area contributed by atoms with E-state index in [1.54, 1.807) is 10.2 Å². The van der Waals surface area contributed by atoms with Crippen LogP contribution >= 0.6 is 19.6 Å². The molecule has 0 aliphatic heterocycles. The molecule has 1 aromatic rings. The van der Waals surface area contributed by atoms with Crippen molar-refractivity contribution in [3.63, 3.8) is 0 Å². The normalized spacial score (nSPS) is 13.3. The molecule has 182 valence electrons. The Morgan fingerprint density at radius 3 is 1.56 bits per heavy atom. The maximum absolute atomic E-state index is 2.61. The SMILES string of the molecule is CN(C)CCN(C)CCN(C)C.[BH3-][P@@](c1ccccc1SC)C([Si](C)(C)C)[Si](C)(C)C.[K+]. The molecule has 0 bridgehead atoms. The topological polar surface area (TPSA) is 9.72 Å². The molecule has 0 unspecified atom stereocenters. The molecule has 1 aromatic carbocycles. The molecule has 0 spiro atoms. The molecule has 3 nitrogen and oxygen atoms in total. The second-order valence-corrected chi connectivity index (χ2v) is 25.1. The van der Waals surface area contributed by atoms with E-state index in [-0.39, 0.29) is 59.2 Å². The zero-order valence-electron chi connectivity index (χ0n) is 22.9. The van der Waals surface area contributed by atoms with Crippen molar-refractivity contribution in [2.75, 3.05) is 67.7 Å². The van der Waals surface area contributed by atoms with E-state index in [2.05, 4.69) is 120 Å². The third-order valence-electron chi connectivity index (χ3n) is 4.85. The fourth-order valence-corrected chi connectivity index (χ4v) is 19.3. The maximum atomic E-state index is 2.61. The summed E-state index contributed by atoms with van der Waals surface area (Å²) in [5, 5.41) is 1.75. The minimum absolute atomic E-state index is 0. The second-order valence-electron chi connectivity index (χ2n) is 10.8. The fourth-order valence-electron chi connectivity index (χ4n) is 3.42. The summed E-state index contributed by atoms with van der Waals surface area (Å²) in [5.74, 6) is 0. The zero-order valence-corrected chi connectivity index (χ0v) is 29.7. The van der Waals surface area contributed by atoms with Crippen LogP contribution in [0.3, 0.4) is 0 Å². The summed E-state index contributed by atoms with van der Waals surface area (Å²) in [7, 11) is 9.10. The molecule has 0 fully saturated rings. The third kappa shape index (κ3) is 15.2. The van der Waals surface area contributed by atoms with Crippen LogP contribution in [0.4, 0.5) is 0 Å². The molecule has 0 N–H and O–H groups in total. The molecule has 0 heterocycles. The van der Waals surface area contributed by atoms with Crippen molar-refractivity contribution in [3.8, 4) is 0 Å². The van der Waals surface area contributed by atoms with Gasteiger partial charge in [-0.1, -0.05) is 62.4 Å². The van der Waals surface area contributed by atoms with Crippen molar-refractivity contribution < 1.29 is 51.4 Å². The van der Waals surface area contributed by atoms with Crippen LogP contribution in [0.5, 0.6) is 0 Å². The van der Waals surface area contributed by atoms with Gasteiger partial charge in [0.2, 0.25) is 0 Å². The largest absolute Gasteiger partial charge is 1.00 e. The van der Waals surface area contributed by atoms with E-state index in [1.165, 1.54) is 0 Å². The van der Waals surface area contributed by atoms with Crippen LogP contribution in [0.2, 0.25) is 39.3 Å². The number of benzene rings is 1. The van der Waals surface area contributed by atoms with E-state index in [9.17, 15) is 0 Å². The van der Waals surface area contributed by atoms with Crippen LogP contribution in [0.1, 0.15) is 0 Å². The van der Waals surface area contributed by atoms with Gasteiger partial charge in [0.1, 0.15) is 0 Å². The van der Waals surface area contributed by atoms with E-state index >= 15 is 0 Å². The van der Waals surface area contributed by atoms with Gasteiger partial charge in [-0.2, -0.15) is 0 Å². The molecule has 1 rings (SSSR count). The molecule has 0 aliphatic carbocycles. The Morgan fingerprint density at radius 2 is 1.22 bits per heavy atom. The molecule has 0 saturated heterocycles. The molecule has 0 amide bonds. The number of rotatable bonds is 11. The van der Waals surface area contributed by atoms with Gasteiger partial charge >= 0.3 is 51.4 Å². The van der Waals surface area contributed by atoms with Crippen molar-refractivity contribution >= 4 is 48.6 Å². The second kappa shape index (κ2) is 17.5. The quantitative estimate of drug-likeness (QED) is 0.235. The molecule has 0 saturated carbocycles. The zero-order chi connectivity index (χ0) is 24.4. The van der Waals surface area contributed by atoms with E-state index in [1.807, 2.05) is 11.8 Å². The van der Waals surface area contributed by atoms with E-state index in [0.29, 0.717) is 7.57 Å². The van der Waals surface area contributed by atoms with E-state index in [4.69, 9.17) is 0 Å². The number of hydrogen-bond acceptors (Lipinski definition) is 4. The first-order chi connectivity index (χ1) is 14.1. The van der Waals surface area contributed by atoms with Gasteiger partial charge in [-0.05, 0) is 60.4 Å². The summed E-state index contributed by atoms with van der Waals surface area (Å²) in [4.78, 5) is 9.45. The molecule has 0 aliphatic rings. The Balaban J connectivity index is 0. The monoisotopic (exact) mass is 539 g/mol. The van der Waals surface area contributed by atoms with Gasteiger partial charge in [0, 0.05) is 47.2 Å². The predicted octanol–water partition coefficient (Wildman–Crippen LogP) is 0.965. The summed E-state index contributed by atoms with van der Waals surface area (Å²) in [6.45, 7) is 20.2. The Labute approximate surface area is 252 Å². The number of likely N-dealkylation sites (N-methyl/N-ethyl adjacent to an activating group) is 3. The average molecular weight is 540 g/mol. The van der Waals surface area contributed by atoms with Crippen LogP contribution in [0, 0.1) is 0 Å². The molecule has 0 aromatic heterocycles. The predicted molar refractivity (Wildman–Crippen MR) is 160 cm³/mol. The van der Waals surface area contributed by atoms with E-state index in [0.717, 1.165) is 31.1 Å². The number of nitrogens with zero attached hydrogens (tertiary/aromatic N) is 3. The van der Waals surface area contributed by atoms with Crippen molar-refractivity contribution in [1.29, 1.82) is 0 Å². The Kier molecular flexibility index (Phi) is 19.7. The van der Waals surface area contributed by atoms with Gasteiger partial charge < -0.3 is 14.7 Å². The third-order valence-corrected chi connectivity index (χ3v) is 20.6. The summed E-state index contributed by atoms with van der Waals surface area (Å²) in [6, 6.07) is 9.24. The van der Waals surface area contributed by atoms with Crippen molar-refractivity contribution in [2.24, 2.45) is 0 Å². The maximum Gasteiger partial charge on any atom is 1.00 e. The molecule has 0 radical (unpaired) electrons. The van der Waals surface area contributed by atoms with Gasteiger partial charge in [-0.3, -0.25) is 7.80 Å². The minimum atomic E-state index is -1.06. The standard InChI is InChI=1S/C14H29BPSSi2.C9H23N3.K/c1-17-13-11-9-8-10-12(13)16(15)14(18(2,3)4)19(5,6)7;1-10(2)6-8-12(5)9-7-11(3)4;/h8-11,14H,1-7,15H3;6-9H2,1-5H3;/q-1;;+1/t16-;;/m0../s1. The summed E-state index contributed by atoms with van der Waals surface area (Å²) >= 11 is 1.95. The molecular weight excluding hydrogens is 487 g/mol. The van der Waals surface area contributed by atoms with Gasteiger partial charge in [-0.15, -0.1) is 11.8 Å². The number of thioether (sulfide) groups is 1. The van der Waals surface area contributed by atoms with E-state index < -0.39 is 16.1 Å². The van der Waals surface area contributed by atoms with Gasteiger partial charge in [0.25, 0.3) is 0 Å². The molecule has 9 heteroatoms. The minimum Gasteiger partial charge on any atom is -0.308 e. The summed E-state index contributed by atoms with van der Waals surface area (Å²) in [6.07, 6.45) is 2.24. The van der Waals surface area contributed by atoms with Crippen LogP contribution in [0.25, 0.3) is 0 Å². The molecular formula is C23H52BKN3PSSi2. The van der Waals surface area contributed by atoms with Gasteiger partial charge in [-0.25, -0.2) is 0 Å². The first kappa shape index (κ1) is 36.2. The van der Waals surface area contributed by atoms with Gasteiger partial charge in [0.05, 0.1) is 0 Å². The fraction of sp³-hybridized carbons (Fsp3) is 0.739. The van der Waals surface area contributed by atoms with Crippen molar-refractivity contribution in [1.82, 2.24) is 14.7 Å². The molecule has 1 atom stereocenters. The van der Waals surface area contributed by atoms with Crippen molar-refractivity contribution in [2.45, 2.75) is 49.1 Å². The van der Waals surface area contributed by atoms with Crippen LogP contribution in [-0.2, 0) is 0 Å². The first-order valence-corrected chi connectivity index (χ1v) is 20.3. The smallest absolute Gasteiger partial charge is 0.308 e. The average Bonchev–Trinajstić information content (AvgIpc) is 2.62. The number of hydrogen-bond donors (Lipinski definition) is 0. The van der Waals surface area contributed by atoms with Crippen molar-refractivity contribution in [3.05, 3.63) is 24.3 Å². The van der Waals surface area contributed by atoms with Crippen LogP contribution in [-0.4, -0.2) is 111 Å². The Hall–Kier alpha value is 2.02. The summed E-state index contributed by atoms with van der Waals surface area (Å²) < 4.78 is 0. The summed E-state index contributed by atoms with van der Waals surface area (Å²) in [5.41, 5.74) is 0. The Bertz CT molecular complexity index is 602. The van der Waals surface area contributed by atoms with Gasteiger partial charge in [0.15, 0.2) is 0 Å².